The summed E-state index contributed by atoms with van der Waals surface area (Å²) >= 11 is 3.39. The number of pyridine rings is 1. The summed E-state index contributed by atoms with van der Waals surface area (Å²) in [6, 6.07) is 5.85. The second-order valence-corrected chi connectivity index (χ2v) is 5.75. The Morgan fingerprint density at radius 2 is 2.12 bits per heavy atom. The Morgan fingerprint density at radius 3 is 2.88 bits per heavy atom. The van der Waals surface area contributed by atoms with Crippen LogP contribution in [0.4, 0.5) is 0 Å². The summed E-state index contributed by atoms with van der Waals surface area (Å²) in [6.45, 7) is 4.43. The SMILES string of the molecule is CC1(C)CCc2nnc(-c3cccc(Br)n3)n21. The van der Waals surface area contributed by atoms with Crippen LogP contribution < -0.4 is 0 Å². The third-order valence-corrected chi connectivity index (χ3v) is 3.68. The van der Waals surface area contributed by atoms with Gasteiger partial charge in [-0.25, -0.2) is 4.98 Å². The second kappa shape index (κ2) is 3.63. The van der Waals surface area contributed by atoms with Crippen molar-refractivity contribution in [3.8, 4) is 11.5 Å². The van der Waals surface area contributed by atoms with Crippen LogP contribution in [-0.2, 0) is 12.0 Å². The van der Waals surface area contributed by atoms with E-state index < -0.39 is 0 Å². The standard InChI is InChI=1S/C12H13BrN4/c1-12(2)7-6-10-15-16-11(17(10)12)8-4-3-5-9(13)14-8/h3-5H,6-7H2,1-2H3. The molecule has 1 aliphatic heterocycles. The fraction of sp³-hybridized carbons (Fsp3) is 0.417. The van der Waals surface area contributed by atoms with Crippen LogP contribution in [0.2, 0.25) is 0 Å². The van der Waals surface area contributed by atoms with Gasteiger partial charge < -0.3 is 4.57 Å². The zero-order valence-electron chi connectivity index (χ0n) is 9.81. The quantitative estimate of drug-likeness (QED) is 0.759. The van der Waals surface area contributed by atoms with E-state index in [-0.39, 0.29) is 5.54 Å². The first kappa shape index (κ1) is 10.9. The highest BCUT2D eigenvalue weighted by Crippen LogP contribution is 2.34. The van der Waals surface area contributed by atoms with Gasteiger partial charge in [0.1, 0.15) is 16.1 Å². The van der Waals surface area contributed by atoms with E-state index in [4.69, 9.17) is 0 Å². The van der Waals surface area contributed by atoms with Crippen molar-refractivity contribution >= 4 is 15.9 Å². The number of fused-ring (bicyclic) bond motifs is 1. The molecule has 88 valence electrons. The lowest BCUT2D eigenvalue weighted by Gasteiger charge is -2.22. The molecule has 1 aliphatic rings. The van der Waals surface area contributed by atoms with Crippen LogP contribution >= 0.6 is 15.9 Å². The van der Waals surface area contributed by atoms with Crippen LogP contribution in [0.15, 0.2) is 22.8 Å². The first-order valence-electron chi connectivity index (χ1n) is 5.66. The van der Waals surface area contributed by atoms with Crippen molar-refractivity contribution in [3.05, 3.63) is 28.6 Å². The Hall–Kier alpha value is -1.23. The van der Waals surface area contributed by atoms with Gasteiger partial charge in [-0.1, -0.05) is 6.07 Å². The Morgan fingerprint density at radius 1 is 1.29 bits per heavy atom. The average molecular weight is 293 g/mol. The maximum Gasteiger partial charge on any atom is 0.183 e. The van der Waals surface area contributed by atoms with Crippen LogP contribution in [0.3, 0.4) is 0 Å². The largest absolute Gasteiger partial charge is 0.304 e. The van der Waals surface area contributed by atoms with Crippen LogP contribution in [0, 0.1) is 0 Å². The molecule has 0 N–H and O–H groups in total. The van der Waals surface area contributed by atoms with Crippen LogP contribution in [0.25, 0.3) is 11.5 Å². The maximum absolute atomic E-state index is 4.45. The van der Waals surface area contributed by atoms with Crippen LogP contribution in [0.1, 0.15) is 26.1 Å². The van der Waals surface area contributed by atoms with E-state index in [1.165, 1.54) is 0 Å². The second-order valence-electron chi connectivity index (χ2n) is 4.93. The molecule has 5 heteroatoms. The highest BCUT2D eigenvalue weighted by molar-refractivity contribution is 9.10. The summed E-state index contributed by atoms with van der Waals surface area (Å²) in [5.41, 5.74) is 0.950. The molecule has 2 aromatic rings. The molecule has 0 saturated heterocycles. The normalized spacial score (nSPS) is 17.1. The molecule has 0 atom stereocenters. The van der Waals surface area contributed by atoms with Crippen molar-refractivity contribution in [2.75, 3.05) is 0 Å². The van der Waals surface area contributed by atoms with E-state index in [1.54, 1.807) is 0 Å². The number of aromatic nitrogens is 4. The number of hydrogen-bond donors (Lipinski definition) is 0. The smallest absolute Gasteiger partial charge is 0.183 e. The fourth-order valence-electron chi connectivity index (χ4n) is 2.34. The number of hydrogen-bond acceptors (Lipinski definition) is 3. The molecule has 0 aliphatic carbocycles. The summed E-state index contributed by atoms with van der Waals surface area (Å²) < 4.78 is 3.03. The molecule has 0 spiro atoms. The fourth-order valence-corrected chi connectivity index (χ4v) is 2.69. The first-order chi connectivity index (χ1) is 8.08. The summed E-state index contributed by atoms with van der Waals surface area (Å²) in [4.78, 5) is 4.45. The van der Waals surface area contributed by atoms with E-state index in [1.807, 2.05) is 18.2 Å². The Bertz CT molecular complexity index is 574. The van der Waals surface area contributed by atoms with Gasteiger partial charge in [-0.3, -0.25) is 0 Å². The van der Waals surface area contributed by atoms with Gasteiger partial charge in [0.25, 0.3) is 0 Å². The van der Waals surface area contributed by atoms with Gasteiger partial charge >= 0.3 is 0 Å². The molecule has 0 fully saturated rings. The highest BCUT2D eigenvalue weighted by atomic mass is 79.9. The minimum Gasteiger partial charge on any atom is -0.304 e. The van der Waals surface area contributed by atoms with Crippen LogP contribution in [-0.4, -0.2) is 19.7 Å². The predicted octanol–water partition coefficient (Wildman–Crippen LogP) is 2.78. The van der Waals surface area contributed by atoms with Crippen LogP contribution in [0.5, 0.6) is 0 Å². The molecule has 0 unspecified atom stereocenters. The molecule has 0 amide bonds. The predicted molar refractivity (Wildman–Crippen MR) is 68.6 cm³/mol. The monoisotopic (exact) mass is 292 g/mol. The zero-order chi connectivity index (χ0) is 12.0. The van der Waals surface area contributed by atoms with Gasteiger partial charge in [0, 0.05) is 12.0 Å². The van der Waals surface area contributed by atoms with Crippen molar-refractivity contribution in [3.63, 3.8) is 0 Å². The topological polar surface area (TPSA) is 43.6 Å². The van der Waals surface area contributed by atoms with E-state index >= 15 is 0 Å². The van der Waals surface area contributed by atoms with E-state index in [0.717, 1.165) is 34.8 Å². The summed E-state index contributed by atoms with van der Waals surface area (Å²) in [5, 5.41) is 8.53. The minimum atomic E-state index is 0.0815. The lowest BCUT2D eigenvalue weighted by Crippen LogP contribution is -2.22. The summed E-state index contributed by atoms with van der Waals surface area (Å²) in [6.07, 6.45) is 2.10. The third kappa shape index (κ3) is 1.69. The van der Waals surface area contributed by atoms with E-state index in [9.17, 15) is 0 Å². The van der Waals surface area contributed by atoms with Crippen molar-refractivity contribution in [2.45, 2.75) is 32.2 Å². The van der Waals surface area contributed by atoms with Gasteiger partial charge in [-0.2, -0.15) is 0 Å². The first-order valence-corrected chi connectivity index (χ1v) is 6.45. The van der Waals surface area contributed by atoms with Gasteiger partial charge in [0.2, 0.25) is 0 Å². The average Bonchev–Trinajstić information content (AvgIpc) is 2.81. The van der Waals surface area contributed by atoms with Crippen molar-refractivity contribution in [2.24, 2.45) is 0 Å². The molecular weight excluding hydrogens is 280 g/mol. The van der Waals surface area contributed by atoms with E-state index in [0.29, 0.717) is 0 Å². The van der Waals surface area contributed by atoms with Crippen molar-refractivity contribution in [1.29, 1.82) is 0 Å². The molecule has 17 heavy (non-hydrogen) atoms. The van der Waals surface area contributed by atoms with E-state index in [2.05, 4.69) is 49.5 Å². The Balaban J connectivity index is 2.18. The Kier molecular flexibility index (Phi) is 2.33. The lowest BCUT2D eigenvalue weighted by atomic mass is 10.0. The van der Waals surface area contributed by atoms with Crippen molar-refractivity contribution < 1.29 is 0 Å². The van der Waals surface area contributed by atoms with Gasteiger partial charge in [0.05, 0.1) is 0 Å². The number of rotatable bonds is 1. The molecule has 3 heterocycles. The third-order valence-electron chi connectivity index (χ3n) is 3.24. The molecule has 0 aromatic carbocycles. The number of nitrogens with zero attached hydrogens (tertiary/aromatic N) is 4. The summed E-state index contributed by atoms with van der Waals surface area (Å²) in [5.74, 6) is 1.93. The molecule has 4 nitrogen and oxygen atoms in total. The minimum absolute atomic E-state index is 0.0815. The Labute approximate surface area is 108 Å². The molecular formula is C12H13BrN4. The summed E-state index contributed by atoms with van der Waals surface area (Å²) in [7, 11) is 0. The van der Waals surface area contributed by atoms with Gasteiger partial charge in [-0.15, -0.1) is 10.2 Å². The molecule has 2 aromatic heterocycles. The van der Waals surface area contributed by atoms with Gasteiger partial charge in [0.15, 0.2) is 5.82 Å². The lowest BCUT2D eigenvalue weighted by molar-refractivity contribution is 0.378. The maximum atomic E-state index is 4.45. The molecule has 0 bridgehead atoms. The molecule has 0 saturated carbocycles. The zero-order valence-corrected chi connectivity index (χ0v) is 11.4. The van der Waals surface area contributed by atoms with Crippen molar-refractivity contribution in [1.82, 2.24) is 19.7 Å². The number of aryl methyl sites for hydroxylation is 1. The highest BCUT2D eigenvalue weighted by Gasteiger charge is 2.34. The molecule has 0 radical (unpaired) electrons. The van der Waals surface area contributed by atoms with Gasteiger partial charge in [-0.05, 0) is 48.3 Å². The number of halogens is 1. The molecule has 3 rings (SSSR count).